The van der Waals surface area contributed by atoms with Crippen molar-refractivity contribution in [3.05, 3.63) is 28.2 Å². The summed E-state index contributed by atoms with van der Waals surface area (Å²) < 4.78 is 0.944. The van der Waals surface area contributed by atoms with Gasteiger partial charge in [0.2, 0.25) is 0 Å². The molecule has 1 aliphatic rings. The Labute approximate surface area is 123 Å². The Hall–Kier alpha value is -1.05. The fraction of sp³-hybridized carbons (Fsp3) is 0.533. The zero-order valence-electron chi connectivity index (χ0n) is 11.3. The standard InChI is InChI=1S/C15H20BrN3/c1-12-4-7-19(8-5-12)9-6-18-15-3-2-14(16)10-13(15)11-17/h2-3,10,12,18H,4-9H2,1H3. The molecule has 3 nitrogen and oxygen atoms in total. The number of rotatable bonds is 4. The molecule has 19 heavy (non-hydrogen) atoms. The number of nitriles is 1. The van der Waals surface area contributed by atoms with Crippen LogP contribution >= 0.6 is 15.9 Å². The molecule has 0 aromatic heterocycles. The molecule has 0 atom stereocenters. The summed E-state index contributed by atoms with van der Waals surface area (Å²) in [7, 11) is 0. The van der Waals surface area contributed by atoms with Crippen LogP contribution in [0.5, 0.6) is 0 Å². The maximum atomic E-state index is 9.10. The molecule has 0 unspecified atom stereocenters. The molecule has 1 N–H and O–H groups in total. The molecule has 1 aromatic carbocycles. The molecule has 102 valence electrons. The Morgan fingerprint density at radius 2 is 2.16 bits per heavy atom. The smallest absolute Gasteiger partial charge is 0.101 e. The van der Waals surface area contributed by atoms with Gasteiger partial charge in [-0.3, -0.25) is 0 Å². The van der Waals surface area contributed by atoms with Crippen molar-refractivity contribution in [2.45, 2.75) is 19.8 Å². The van der Waals surface area contributed by atoms with Gasteiger partial charge in [-0.15, -0.1) is 0 Å². The maximum Gasteiger partial charge on any atom is 0.101 e. The van der Waals surface area contributed by atoms with Crippen LogP contribution in [-0.2, 0) is 0 Å². The average molecular weight is 322 g/mol. The van der Waals surface area contributed by atoms with E-state index in [9.17, 15) is 0 Å². The second-order valence-electron chi connectivity index (χ2n) is 5.25. The fourth-order valence-electron chi connectivity index (χ4n) is 2.40. The third kappa shape index (κ3) is 4.22. The van der Waals surface area contributed by atoms with Gasteiger partial charge in [0.15, 0.2) is 0 Å². The van der Waals surface area contributed by atoms with E-state index >= 15 is 0 Å². The van der Waals surface area contributed by atoms with Crippen molar-refractivity contribution in [1.29, 1.82) is 5.26 Å². The molecular weight excluding hydrogens is 302 g/mol. The molecule has 4 heteroatoms. The first-order chi connectivity index (χ1) is 9.19. The molecule has 1 aliphatic heterocycles. The molecule has 0 saturated carbocycles. The summed E-state index contributed by atoms with van der Waals surface area (Å²) in [6.07, 6.45) is 2.61. The van der Waals surface area contributed by atoms with Gasteiger partial charge in [-0.1, -0.05) is 22.9 Å². The van der Waals surface area contributed by atoms with E-state index in [1.807, 2.05) is 18.2 Å². The number of hydrogen-bond donors (Lipinski definition) is 1. The van der Waals surface area contributed by atoms with Gasteiger partial charge in [0.1, 0.15) is 6.07 Å². The Balaban J connectivity index is 1.81. The average Bonchev–Trinajstić information content (AvgIpc) is 2.42. The van der Waals surface area contributed by atoms with Crippen molar-refractivity contribution in [2.24, 2.45) is 5.92 Å². The topological polar surface area (TPSA) is 39.1 Å². The lowest BCUT2D eigenvalue weighted by atomic mass is 9.99. The number of nitrogens with zero attached hydrogens (tertiary/aromatic N) is 2. The van der Waals surface area contributed by atoms with Crippen LogP contribution in [0.4, 0.5) is 5.69 Å². The lowest BCUT2D eigenvalue weighted by Gasteiger charge is -2.30. The molecule has 1 aromatic rings. The largest absolute Gasteiger partial charge is 0.383 e. The third-order valence-corrected chi connectivity index (χ3v) is 4.22. The molecule has 1 saturated heterocycles. The van der Waals surface area contributed by atoms with Crippen molar-refractivity contribution >= 4 is 21.6 Å². The van der Waals surface area contributed by atoms with E-state index < -0.39 is 0 Å². The Morgan fingerprint density at radius 1 is 1.42 bits per heavy atom. The number of hydrogen-bond acceptors (Lipinski definition) is 3. The predicted molar refractivity (Wildman–Crippen MR) is 82.2 cm³/mol. The van der Waals surface area contributed by atoms with E-state index in [1.54, 1.807) is 0 Å². The fourth-order valence-corrected chi connectivity index (χ4v) is 2.76. The highest BCUT2D eigenvalue weighted by molar-refractivity contribution is 9.10. The Bertz CT molecular complexity index is 459. The van der Waals surface area contributed by atoms with Crippen LogP contribution in [0.15, 0.2) is 22.7 Å². The van der Waals surface area contributed by atoms with Crippen LogP contribution in [0.3, 0.4) is 0 Å². The first kappa shape index (κ1) is 14.4. The van der Waals surface area contributed by atoms with Crippen LogP contribution in [-0.4, -0.2) is 31.1 Å². The van der Waals surface area contributed by atoms with Crippen LogP contribution < -0.4 is 5.32 Å². The van der Waals surface area contributed by atoms with Gasteiger partial charge in [-0.05, 0) is 50.0 Å². The van der Waals surface area contributed by atoms with Crippen LogP contribution in [0, 0.1) is 17.2 Å². The van der Waals surface area contributed by atoms with Crippen molar-refractivity contribution in [1.82, 2.24) is 4.90 Å². The monoisotopic (exact) mass is 321 g/mol. The number of nitrogens with one attached hydrogen (secondary N) is 1. The summed E-state index contributed by atoms with van der Waals surface area (Å²) in [6, 6.07) is 8.00. The van der Waals surface area contributed by atoms with Crippen molar-refractivity contribution in [3.8, 4) is 6.07 Å². The van der Waals surface area contributed by atoms with E-state index in [-0.39, 0.29) is 0 Å². The number of piperidine rings is 1. The molecular formula is C15H20BrN3. The van der Waals surface area contributed by atoms with Gasteiger partial charge in [-0.2, -0.15) is 5.26 Å². The van der Waals surface area contributed by atoms with Gasteiger partial charge in [0.05, 0.1) is 11.3 Å². The highest BCUT2D eigenvalue weighted by Gasteiger charge is 2.14. The minimum Gasteiger partial charge on any atom is -0.383 e. The number of anilines is 1. The summed E-state index contributed by atoms with van der Waals surface area (Å²) >= 11 is 3.39. The van der Waals surface area contributed by atoms with Crippen LogP contribution in [0.1, 0.15) is 25.3 Å². The summed E-state index contributed by atoms with van der Waals surface area (Å²) in [4.78, 5) is 2.50. The highest BCUT2D eigenvalue weighted by atomic mass is 79.9. The molecule has 0 radical (unpaired) electrons. The van der Waals surface area contributed by atoms with Crippen molar-refractivity contribution < 1.29 is 0 Å². The third-order valence-electron chi connectivity index (χ3n) is 3.72. The minimum absolute atomic E-state index is 0.696. The van der Waals surface area contributed by atoms with Crippen molar-refractivity contribution in [2.75, 3.05) is 31.5 Å². The second-order valence-corrected chi connectivity index (χ2v) is 6.17. The predicted octanol–water partition coefficient (Wildman–Crippen LogP) is 3.46. The van der Waals surface area contributed by atoms with E-state index in [1.165, 1.54) is 25.9 Å². The molecule has 1 fully saturated rings. The number of halogens is 1. The van der Waals surface area contributed by atoms with Gasteiger partial charge in [-0.25, -0.2) is 0 Å². The van der Waals surface area contributed by atoms with Crippen LogP contribution in [0.25, 0.3) is 0 Å². The summed E-state index contributed by atoms with van der Waals surface area (Å²) in [5, 5.41) is 12.5. The van der Waals surface area contributed by atoms with Gasteiger partial charge >= 0.3 is 0 Å². The van der Waals surface area contributed by atoms with E-state index in [0.717, 1.165) is 29.2 Å². The van der Waals surface area contributed by atoms with Gasteiger partial charge in [0, 0.05) is 17.6 Å². The molecule has 0 aliphatic carbocycles. The Morgan fingerprint density at radius 3 is 2.84 bits per heavy atom. The Kier molecular flexibility index (Phi) is 5.24. The molecule has 0 spiro atoms. The quantitative estimate of drug-likeness (QED) is 0.923. The maximum absolute atomic E-state index is 9.10. The summed E-state index contributed by atoms with van der Waals surface area (Å²) in [6.45, 7) is 6.68. The first-order valence-corrected chi connectivity index (χ1v) is 7.64. The summed E-state index contributed by atoms with van der Waals surface area (Å²) in [5.74, 6) is 0.876. The second kappa shape index (κ2) is 6.93. The molecule has 1 heterocycles. The lowest BCUT2D eigenvalue weighted by Crippen LogP contribution is -2.36. The number of likely N-dealkylation sites (tertiary alicyclic amines) is 1. The zero-order chi connectivity index (χ0) is 13.7. The molecule has 0 bridgehead atoms. The zero-order valence-corrected chi connectivity index (χ0v) is 12.9. The first-order valence-electron chi connectivity index (χ1n) is 6.85. The van der Waals surface area contributed by atoms with Crippen LogP contribution in [0.2, 0.25) is 0 Å². The molecule has 0 amide bonds. The summed E-state index contributed by atoms with van der Waals surface area (Å²) in [5.41, 5.74) is 1.62. The molecule has 2 rings (SSSR count). The van der Waals surface area contributed by atoms with E-state index in [4.69, 9.17) is 5.26 Å². The van der Waals surface area contributed by atoms with E-state index in [0.29, 0.717) is 5.56 Å². The van der Waals surface area contributed by atoms with E-state index in [2.05, 4.69) is 39.1 Å². The number of benzene rings is 1. The van der Waals surface area contributed by atoms with Crippen molar-refractivity contribution in [3.63, 3.8) is 0 Å². The van der Waals surface area contributed by atoms with Gasteiger partial charge < -0.3 is 10.2 Å². The van der Waals surface area contributed by atoms with Gasteiger partial charge in [0.25, 0.3) is 0 Å². The highest BCUT2D eigenvalue weighted by Crippen LogP contribution is 2.20. The lowest BCUT2D eigenvalue weighted by molar-refractivity contribution is 0.199. The normalized spacial score (nSPS) is 17.1. The SMILES string of the molecule is CC1CCN(CCNc2ccc(Br)cc2C#N)CC1. The minimum atomic E-state index is 0.696.